The molecule has 0 aliphatic heterocycles. The predicted octanol–water partition coefficient (Wildman–Crippen LogP) is 11.0. The summed E-state index contributed by atoms with van der Waals surface area (Å²) in [6.07, 6.45) is 10.4. The molecule has 0 bridgehead atoms. The normalized spacial score (nSPS) is 11.1. The number of rotatable bonds is 13. The number of carbonyl (C=O) groups excluding carboxylic acids is 1. The number of esters is 1. The van der Waals surface area contributed by atoms with Crippen molar-refractivity contribution in [1.29, 1.82) is 0 Å². The highest BCUT2D eigenvalue weighted by Crippen LogP contribution is 2.37. The lowest BCUT2D eigenvalue weighted by molar-refractivity contribution is -0.671. The Hall–Kier alpha value is -4.68. The Bertz CT molecular complexity index is 1780. The molecule has 3 aromatic carbocycles. The van der Waals surface area contributed by atoms with Crippen LogP contribution in [0.15, 0.2) is 127 Å². The van der Waals surface area contributed by atoms with E-state index in [1.54, 1.807) is 22.7 Å². The first-order chi connectivity index (χ1) is 23.6. The van der Waals surface area contributed by atoms with E-state index in [1.807, 2.05) is 31.3 Å². The summed E-state index contributed by atoms with van der Waals surface area (Å²) in [6, 6.07) is 33.5. The summed E-state index contributed by atoms with van der Waals surface area (Å²) in [4.78, 5) is 17.5. The standard InChI is InChI=1S/C37H36N3O2S2.BF4/c1-38-23-24-39(28-38)22-4-2-3-5-25-42-37(41)31-14-20-34(21-15-31)40(32-16-10-29(11-17-32)35-8-6-26-43-35)33-18-12-30(13-19-33)36-9-7-27-44-36;2-1(3,4)5/h6-21,23-24,26-28H,2-5,22,25H2,1H3;/q+1;-1. The lowest BCUT2D eigenvalue weighted by Crippen LogP contribution is -2.23. The molecule has 49 heavy (non-hydrogen) atoms. The summed E-state index contributed by atoms with van der Waals surface area (Å²) in [6.45, 7) is 1.46. The second kappa shape index (κ2) is 17.1. The van der Waals surface area contributed by atoms with Gasteiger partial charge < -0.3 is 26.9 Å². The smallest absolute Gasteiger partial charge is 0.462 e. The van der Waals surface area contributed by atoms with Crippen molar-refractivity contribution in [3.63, 3.8) is 0 Å². The van der Waals surface area contributed by atoms with Gasteiger partial charge in [0.25, 0.3) is 0 Å². The van der Waals surface area contributed by atoms with Crippen LogP contribution in [0.4, 0.5) is 34.3 Å². The van der Waals surface area contributed by atoms with Gasteiger partial charge >= 0.3 is 13.2 Å². The Morgan fingerprint density at radius 1 is 0.735 bits per heavy atom. The largest absolute Gasteiger partial charge is 0.673 e. The zero-order valence-electron chi connectivity index (χ0n) is 26.9. The van der Waals surface area contributed by atoms with Crippen LogP contribution in [0, 0.1) is 0 Å². The molecule has 0 saturated heterocycles. The molecular weight excluding hydrogens is 669 g/mol. The number of imidazole rings is 1. The van der Waals surface area contributed by atoms with Crippen molar-refractivity contribution in [2.24, 2.45) is 7.05 Å². The number of carbonyl (C=O) groups is 1. The molecule has 0 amide bonds. The van der Waals surface area contributed by atoms with E-state index in [1.165, 1.54) is 20.9 Å². The first kappa shape index (κ1) is 35.6. The van der Waals surface area contributed by atoms with E-state index in [4.69, 9.17) is 4.74 Å². The molecule has 0 N–H and O–H groups in total. The van der Waals surface area contributed by atoms with Crippen molar-refractivity contribution in [2.45, 2.75) is 32.2 Å². The van der Waals surface area contributed by atoms with Crippen molar-refractivity contribution < 1.29 is 31.4 Å². The van der Waals surface area contributed by atoms with Gasteiger partial charge in [-0.2, -0.15) is 0 Å². The van der Waals surface area contributed by atoms with Gasteiger partial charge in [0.1, 0.15) is 12.4 Å². The fraction of sp³-hybridized carbons (Fsp3) is 0.189. The predicted molar refractivity (Wildman–Crippen MR) is 192 cm³/mol. The Morgan fingerprint density at radius 3 is 1.67 bits per heavy atom. The van der Waals surface area contributed by atoms with E-state index in [0.29, 0.717) is 12.2 Å². The van der Waals surface area contributed by atoms with E-state index in [2.05, 4.69) is 116 Å². The number of thiophene rings is 2. The minimum absolute atomic E-state index is 0.274. The topological polar surface area (TPSA) is 38.4 Å². The average Bonchev–Trinajstić information content (AvgIpc) is 3.89. The van der Waals surface area contributed by atoms with Crippen LogP contribution in [-0.4, -0.2) is 24.4 Å². The van der Waals surface area contributed by atoms with Crippen LogP contribution >= 0.6 is 22.7 Å². The van der Waals surface area contributed by atoms with Gasteiger partial charge in [0.2, 0.25) is 6.33 Å². The van der Waals surface area contributed by atoms with Crippen molar-refractivity contribution in [3.05, 3.63) is 132 Å². The van der Waals surface area contributed by atoms with Crippen LogP contribution in [0.2, 0.25) is 0 Å². The zero-order valence-corrected chi connectivity index (χ0v) is 28.6. The fourth-order valence-corrected chi connectivity index (χ4v) is 6.73. The van der Waals surface area contributed by atoms with Crippen molar-refractivity contribution >= 4 is 53.0 Å². The Balaban J connectivity index is 0.000000874. The number of hydrogen-bond acceptors (Lipinski definition) is 5. The van der Waals surface area contributed by atoms with Gasteiger partial charge in [-0.15, -0.1) is 22.7 Å². The highest BCUT2D eigenvalue weighted by Gasteiger charge is 2.20. The summed E-state index contributed by atoms with van der Waals surface area (Å²) >= 11 is 3.48. The molecule has 12 heteroatoms. The van der Waals surface area contributed by atoms with Gasteiger partial charge in [0.05, 0.1) is 25.8 Å². The van der Waals surface area contributed by atoms with E-state index < -0.39 is 7.25 Å². The van der Waals surface area contributed by atoms with Gasteiger partial charge in [-0.25, -0.2) is 13.9 Å². The Morgan fingerprint density at radius 2 is 1.22 bits per heavy atom. The fourth-order valence-electron chi connectivity index (χ4n) is 5.26. The Kier molecular flexibility index (Phi) is 12.4. The lowest BCUT2D eigenvalue weighted by Gasteiger charge is -2.26. The van der Waals surface area contributed by atoms with Crippen molar-refractivity contribution in [1.82, 2.24) is 4.57 Å². The SMILES string of the molecule is C[n+]1ccn(CCCCCCOC(=O)c2ccc(N(c3ccc(-c4cccs4)cc3)c3ccc(-c4cccs4)cc3)cc2)c1.F[B-](F)(F)F. The third kappa shape index (κ3) is 10.9. The van der Waals surface area contributed by atoms with E-state index in [-0.39, 0.29) is 5.97 Å². The Labute approximate surface area is 291 Å². The molecule has 6 aromatic rings. The minimum Gasteiger partial charge on any atom is -0.462 e. The number of ether oxygens (including phenoxy) is 1. The first-order valence-electron chi connectivity index (χ1n) is 15.9. The molecule has 6 rings (SSSR count). The van der Waals surface area contributed by atoms with E-state index in [9.17, 15) is 22.1 Å². The van der Waals surface area contributed by atoms with Crippen LogP contribution in [0.25, 0.3) is 20.9 Å². The molecule has 0 radical (unpaired) electrons. The molecule has 0 aliphatic carbocycles. The monoisotopic (exact) mass is 705 g/mol. The number of anilines is 3. The second-order valence-corrected chi connectivity index (χ2v) is 13.2. The molecular formula is C37H36BF4N3O2S2. The third-order valence-electron chi connectivity index (χ3n) is 7.59. The van der Waals surface area contributed by atoms with Crippen LogP contribution < -0.4 is 9.47 Å². The van der Waals surface area contributed by atoms with Crippen LogP contribution in [0.1, 0.15) is 36.0 Å². The lowest BCUT2D eigenvalue weighted by atomic mass is 10.1. The van der Waals surface area contributed by atoms with Gasteiger partial charge in [-0.1, -0.05) is 36.4 Å². The molecule has 0 saturated carbocycles. The third-order valence-corrected chi connectivity index (χ3v) is 9.43. The molecule has 254 valence electrons. The number of halogens is 4. The number of unbranched alkanes of at least 4 members (excludes halogenated alkanes) is 3. The molecule has 0 unspecified atom stereocenters. The summed E-state index contributed by atoms with van der Waals surface area (Å²) in [7, 11) is -3.97. The number of aromatic nitrogens is 2. The molecule has 5 nitrogen and oxygen atoms in total. The van der Waals surface area contributed by atoms with Crippen LogP contribution in [0.3, 0.4) is 0 Å². The maximum Gasteiger partial charge on any atom is 0.673 e. The van der Waals surface area contributed by atoms with E-state index >= 15 is 0 Å². The molecule has 0 spiro atoms. The number of nitrogens with zero attached hydrogens (tertiary/aromatic N) is 3. The van der Waals surface area contributed by atoms with Gasteiger partial charge in [-0.3, -0.25) is 0 Å². The summed E-state index contributed by atoms with van der Waals surface area (Å²) in [5, 5.41) is 4.20. The molecule has 0 aliphatic rings. The highest BCUT2D eigenvalue weighted by atomic mass is 32.1. The average molecular weight is 706 g/mol. The summed E-state index contributed by atoms with van der Waals surface area (Å²) in [5.41, 5.74) is 6.04. The molecule has 0 fully saturated rings. The molecule has 3 heterocycles. The van der Waals surface area contributed by atoms with E-state index in [0.717, 1.165) is 49.3 Å². The van der Waals surface area contributed by atoms with Crippen LogP contribution in [0.5, 0.6) is 0 Å². The molecule has 0 atom stereocenters. The van der Waals surface area contributed by atoms with Crippen molar-refractivity contribution in [2.75, 3.05) is 11.5 Å². The number of benzene rings is 3. The zero-order chi connectivity index (χ0) is 34.6. The second-order valence-electron chi connectivity index (χ2n) is 11.3. The quantitative estimate of drug-likeness (QED) is 0.0395. The van der Waals surface area contributed by atoms with Gasteiger partial charge in [0, 0.05) is 26.8 Å². The minimum atomic E-state index is -6.00. The maximum absolute atomic E-state index is 12.8. The summed E-state index contributed by atoms with van der Waals surface area (Å²) in [5.74, 6) is -0.274. The maximum atomic E-state index is 12.8. The van der Waals surface area contributed by atoms with Gasteiger partial charge in [0.15, 0.2) is 0 Å². The van der Waals surface area contributed by atoms with Crippen molar-refractivity contribution in [3.8, 4) is 20.9 Å². The number of aryl methyl sites for hydroxylation is 2. The van der Waals surface area contributed by atoms with Crippen LogP contribution in [-0.2, 0) is 18.3 Å². The number of hydrogen-bond donors (Lipinski definition) is 0. The van der Waals surface area contributed by atoms with Gasteiger partial charge in [-0.05, 0) is 108 Å². The summed E-state index contributed by atoms with van der Waals surface area (Å²) < 4.78 is 48.9. The highest BCUT2D eigenvalue weighted by molar-refractivity contribution is 7.13. The molecule has 3 aromatic heterocycles. The first-order valence-corrected chi connectivity index (χ1v) is 17.6.